The molecular formula is C31H38N6O4. The highest BCUT2D eigenvalue weighted by Gasteiger charge is 2.18. The predicted octanol–water partition coefficient (Wildman–Crippen LogP) is 4.90. The highest BCUT2D eigenvalue weighted by Crippen LogP contribution is 2.38. The lowest BCUT2D eigenvalue weighted by Gasteiger charge is -2.26. The molecule has 0 aliphatic rings. The number of carbonyl (C=O) groups is 2. The maximum Gasteiger partial charge on any atom is 0.338 e. The van der Waals surface area contributed by atoms with Crippen LogP contribution in [0.1, 0.15) is 34.1 Å². The summed E-state index contributed by atoms with van der Waals surface area (Å²) in [6, 6.07) is 11.0. The van der Waals surface area contributed by atoms with E-state index in [9.17, 15) is 9.59 Å². The van der Waals surface area contributed by atoms with E-state index in [1.54, 1.807) is 31.5 Å². The van der Waals surface area contributed by atoms with E-state index >= 15 is 0 Å². The Morgan fingerprint density at radius 3 is 2.41 bits per heavy atom. The Morgan fingerprint density at radius 2 is 1.78 bits per heavy atom. The van der Waals surface area contributed by atoms with Gasteiger partial charge in [-0.3, -0.25) is 4.79 Å². The maximum absolute atomic E-state index is 12.3. The molecule has 3 rings (SSSR count). The van der Waals surface area contributed by atoms with Gasteiger partial charge in [0.1, 0.15) is 5.75 Å². The number of hydrogen-bond donors (Lipinski definition) is 2. The summed E-state index contributed by atoms with van der Waals surface area (Å²) >= 11 is 0. The zero-order chi connectivity index (χ0) is 30.1. The van der Waals surface area contributed by atoms with Crippen LogP contribution in [0.3, 0.4) is 0 Å². The number of ether oxygens (including phenoxy) is 2. The van der Waals surface area contributed by atoms with E-state index in [0.29, 0.717) is 34.3 Å². The summed E-state index contributed by atoms with van der Waals surface area (Å²) in [5.41, 5.74) is 5.58. The number of aromatic nitrogens is 2. The van der Waals surface area contributed by atoms with Crippen molar-refractivity contribution >= 4 is 40.5 Å². The van der Waals surface area contributed by atoms with Crippen molar-refractivity contribution in [3.05, 3.63) is 83.7 Å². The van der Waals surface area contributed by atoms with E-state index < -0.39 is 5.97 Å². The number of nitrogens with zero attached hydrogens (tertiary/aromatic N) is 4. The molecule has 1 amide bonds. The topological polar surface area (TPSA) is 109 Å². The first-order chi connectivity index (χ1) is 19.6. The molecule has 41 heavy (non-hydrogen) atoms. The lowest BCUT2D eigenvalue weighted by atomic mass is 9.94. The van der Waals surface area contributed by atoms with Crippen LogP contribution in [-0.2, 0) is 9.53 Å². The highest BCUT2D eigenvalue weighted by molar-refractivity contribution is 6.02. The van der Waals surface area contributed by atoms with Crippen LogP contribution in [0.5, 0.6) is 5.75 Å². The Kier molecular flexibility index (Phi) is 10.6. The SMILES string of the molecule is C=CC(=O)Nc1cc(Nc2nccc(/C(=C/C)c3cccc(C(=O)OC)c3C)n2)c(OC)cc1N(C)CCN(C)C. The lowest BCUT2D eigenvalue weighted by molar-refractivity contribution is -0.111. The number of benzene rings is 2. The Balaban J connectivity index is 2.02. The van der Waals surface area contributed by atoms with Gasteiger partial charge in [0.25, 0.3) is 0 Å². The minimum atomic E-state index is -0.396. The van der Waals surface area contributed by atoms with Crippen molar-refractivity contribution in [2.75, 3.05) is 64.0 Å². The van der Waals surface area contributed by atoms with Gasteiger partial charge in [0, 0.05) is 38.0 Å². The van der Waals surface area contributed by atoms with E-state index in [1.807, 2.05) is 64.2 Å². The average Bonchev–Trinajstić information content (AvgIpc) is 2.97. The number of amides is 1. The lowest BCUT2D eigenvalue weighted by Crippen LogP contribution is -2.29. The summed E-state index contributed by atoms with van der Waals surface area (Å²) in [6.07, 6.45) is 4.82. The number of likely N-dealkylation sites (N-methyl/N-ethyl adjacent to an activating group) is 2. The fourth-order valence-corrected chi connectivity index (χ4v) is 4.30. The summed E-state index contributed by atoms with van der Waals surface area (Å²) in [7, 11) is 8.92. The summed E-state index contributed by atoms with van der Waals surface area (Å²) in [5.74, 6) is 0.155. The van der Waals surface area contributed by atoms with E-state index in [1.165, 1.54) is 13.2 Å². The minimum Gasteiger partial charge on any atom is -0.494 e. The van der Waals surface area contributed by atoms with Gasteiger partial charge in [-0.1, -0.05) is 24.8 Å². The Bertz CT molecular complexity index is 1450. The first-order valence-electron chi connectivity index (χ1n) is 13.1. The number of methoxy groups -OCH3 is 2. The number of anilines is 4. The molecule has 10 nitrogen and oxygen atoms in total. The van der Waals surface area contributed by atoms with Gasteiger partial charge in [-0.25, -0.2) is 14.8 Å². The molecule has 0 radical (unpaired) electrons. The fraction of sp³-hybridized carbons (Fsp3) is 0.290. The number of carbonyl (C=O) groups excluding carboxylic acids is 2. The Labute approximate surface area is 241 Å². The van der Waals surface area contributed by atoms with Crippen molar-refractivity contribution in [1.82, 2.24) is 14.9 Å². The summed E-state index contributed by atoms with van der Waals surface area (Å²) in [4.78, 5) is 37.9. The van der Waals surface area contributed by atoms with Gasteiger partial charge in [0.2, 0.25) is 11.9 Å². The van der Waals surface area contributed by atoms with Crippen LogP contribution in [0.4, 0.5) is 23.0 Å². The Morgan fingerprint density at radius 1 is 1.05 bits per heavy atom. The van der Waals surface area contributed by atoms with Crippen LogP contribution < -0.4 is 20.3 Å². The summed E-state index contributed by atoms with van der Waals surface area (Å²) in [5, 5.41) is 6.14. The maximum atomic E-state index is 12.3. The first-order valence-corrected chi connectivity index (χ1v) is 13.1. The highest BCUT2D eigenvalue weighted by atomic mass is 16.5. The van der Waals surface area contributed by atoms with Gasteiger partial charge in [0.15, 0.2) is 0 Å². The third-order valence-electron chi connectivity index (χ3n) is 6.55. The zero-order valence-electron chi connectivity index (χ0n) is 24.7. The second-order valence-corrected chi connectivity index (χ2v) is 9.55. The van der Waals surface area contributed by atoms with Gasteiger partial charge in [-0.05, 0) is 63.3 Å². The Hall–Kier alpha value is -4.70. The molecular weight excluding hydrogens is 520 g/mol. The number of esters is 1. The molecule has 0 aliphatic heterocycles. The molecule has 1 heterocycles. The number of nitrogens with one attached hydrogen (secondary N) is 2. The van der Waals surface area contributed by atoms with Crippen molar-refractivity contribution in [3.63, 3.8) is 0 Å². The van der Waals surface area contributed by atoms with Crippen LogP contribution in [0, 0.1) is 6.92 Å². The van der Waals surface area contributed by atoms with Crippen molar-refractivity contribution < 1.29 is 19.1 Å². The number of hydrogen-bond acceptors (Lipinski definition) is 9. The average molecular weight is 559 g/mol. The molecule has 3 aromatic rings. The summed E-state index contributed by atoms with van der Waals surface area (Å²) < 4.78 is 10.7. The fourth-order valence-electron chi connectivity index (χ4n) is 4.30. The molecule has 0 bridgehead atoms. The molecule has 0 saturated carbocycles. The largest absolute Gasteiger partial charge is 0.494 e. The molecule has 2 aromatic carbocycles. The normalized spacial score (nSPS) is 11.2. The smallest absolute Gasteiger partial charge is 0.338 e. The molecule has 2 N–H and O–H groups in total. The molecule has 1 aromatic heterocycles. The number of rotatable bonds is 12. The van der Waals surface area contributed by atoms with E-state index in [2.05, 4.69) is 27.1 Å². The molecule has 216 valence electrons. The number of allylic oxidation sites excluding steroid dienone is 1. The zero-order valence-corrected chi connectivity index (χ0v) is 24.7. The molecule has 0 fully saturated rings. The van der Waals surface area contributed by atoms with E-state index in [-0.39, 0.29) is 5.91 Å². The van der Waals surface area contributed by atoms with Crippen molar-refractivity contribution in [3.8, 4) is 5.75 Å². The van der Waals surface area contributed by atoms with Crippen LogP contribution >= 0.6 is 0 Å². The predicted molar refractivity (Wildman–Crippen MR) is 164 cm³/mol. The van der Waals surface area contributed by atoms with Gasteiger partial charge < -0.3 is 29.9 Å². The third-order valence-corrected chi connectivity index (χ3v) is 6.55. The van der Waals surface area contributed by atoms with Crippen LogP contribution in [-0.4, -0.2) is 75.2 Å². The third kappa shape index (κ3) is 7.49. The van der Waals surface area contributed by atoms with Crippen LogP contribution in [0.25, 0.3) is 5.57 Å². The van der Waals surface area contributed by atoms with E-state index in [0.717, 1.165) is 35.5 Å². The van der Waals surface area contributed by atoms with Crippen LogP contribution in [0.15, 0.2) is 61.3 Å². The van der Waals surface area contributed by atoms with Gasteiger partial charge in [0.05, 0.1) is 42.5 Å². The van der Waals surface area contributed by atoms with Crippen molar-refractivity contribution in [2.24, 2.45) is 0 Å². The molecule has 0 atom stereocenters. The standard InChI is InChI=1S/C31H38N6O4/c1-9-21(22-12-11-13-23(20(22)3)30(39)41-8)24-14-15-32-31(34-24)35-26-18-25(33-29(38)10-2)27(19-28(26)40-7)37(6)17-16-36(4)5/h9-15,18-19H,2,16-17H2,1,3-8H3,(H,33,38)(H,32,34,35)/b21-9+. The quantitative estimate of drug-likeness (QED) is 0.237. The second-order valence-electron chi connectivity index (χ2n) is 9.55. The molecule has 10 heteroatoms. The van der Waals surface area contributed by atoms with Gasteiger partial charge >= 0.3 is 5.97 Å². The molecule has 0 unspecified atom stereocenters. The van der Waals surface area contributed by atoms with E-state index in [4.69, 9.17) is 14.5 Å². The van der Waals surface area contributed by atoms with Crippen molar-refractivity contribution in [2.45, 2.75) is 13.8 Å². The van der Waals surface area contributed by atoms with Crippen molar-refractivity contribution in [1.29, 1.82) is 0 Å². The molecule has 0 spiro atoms. The van der Waals surface area contributed by atoms with Gasteiger partial charge in [-0.2, -0.15) is 0 Å². The monoisotopic (exact) mass is 558 g/mol. The van der Waals surface area contributed by atoms with Gasteiger partial charge in [-0.15, -0.1) is 0 Å². The summed E-state index contributed by atoms with van der Waals surface area (Å²) in [6.45, 7) is 8.93. The van der Waals surface area contributed by atoms with Crippen LogP contribution in [0.2, 0.25) is 0 Å². The molecule has 0 saturated heterocycles. The minimum absolute atomic E-state index is 0.330. The molecule has 0 aliphatic carbocycles. The first kappa shape index (κ1) is 30.8. The second kappa shape index (κ2) is 14.1.